The Morgan fingerprint density at radius 2 is 1.31 bits per heavy atom. The van der Waals surface area contributed by atoms with E-state index in [1.165, 1.54) is 0 Å². The zero-order valence-corrected chi connectivity index (χ0v) is 18.9. The minimum Gasteiger partial charge on any atom is -0.489 e. The highest BCUT2D eigenvalue weighted by Gasteiger charge is 2.15. The maximum Gasteiger partial charge on any atom is 0.149 e. The summed E-state index contributed by atoms with van der Waals surface area (Å²) in [5.41, 5.74) is 4.07. The molecule has 0 spiro atoms. The van der Waals surface area contributed by atoms with Crippen LogP contribution >= 0.6 is 15.9 Å². The Morgan fingerprint density at radius 1 is 0.688 bits per heavy atom. The summed E-state index contributed by atoms with van der Waals surface area (Å²) < 4.78 is 15.0. The van der Waals surface area contributed by atoms with Gasteiger partial charge in [-0.1, -0.05) is 78.9 Å². The summed E-state index contributed by atoms with van der Waals surface area (Å²) >= 11 is 3.58. The van der Waals surface area contributed by atoms with Crippen LogP contribution < -0.4 is 9.47 Å². The fourth-order valence-corrected chi connectivity index (χ4v) is 4.06. The van der Waals surface area contributed by atoms with Gasteiger partial charge in [0.05, 0.1) is 5.52 Å². The number of fused-ring (bicyclic) bond motifs is 1. The number of rotatable bonds is 7. The molecule has 0 radical (unpaired) electrons. The van der Waals surface area contributed by atoms with E-state index in [0.717, 1.165) is 38.1 Å². The predicted molar refractivity (Wildman–Crippen MR) is 130 cm³/mol. The summed E-state index contributed by atoms with van der Waals surface area (Å²) in [6.45, 7) is 0.949. The molecule has 158 valence electrons. The molecule has 0 aliphatic heterocycles. The van der Waals surface area contributed by atoms with Gasteiger partial charge in [0.2, 0.25) is 0 Å². The highest BCUT2D eigenvalue weighted by Crippen LogP contribution is 2.33. The molecule has 4 nitrogen and oxygen atoms in total. The van der Waals surface area contributed by atoms with Crippen molar-refractivity contribution in [1.29, 1.82) is 0 Å². The molecule has 0 aliphatic rings. The van der Waals surface area contributed by atoms with Crippen molar-refractivity contribution in [2.45, 2.75) is 13.2 Å². The molecule has 0 bridgehead atoms. The van der Waals surface area contributed by atoms with E-state index in [9.17, 15) is 0 Å². The van der Waals surface area contributed by atoms with E-state index < -0.39 is 0 Å². The van der Waals surface area contributed by atoms with Crippen molar-refractivity contribution in [2.24, 2.45) is 0 Å². The van der Waals surface area contributed by atoms with Crippen LogP contribution in [0.15, 0.2) is 108 Å². The SMILES string of the molecule is Brc1nn(-c2ccc(OCc3ccccc3)cc2OCc2ccccc2)c2ccccc12. The number of aromatic nitrogens is 2. The molecule has 0 amide bonds. The van der Waals surface area contributed by atoms with Gasteiger partial charge in [-0.05, 0) is 45.3 Å². The summed E-state index contributed by atoms with van der Waals surface area (Å²) in [5, 5.41) is 5.76. The van der Waals surface area contributed by atoms with Crippen molar-refractivity contribution in [2.75, 3.05) is 0 Å². The van der Waals surface area contributed by atoms with Crippen molar-refractivity contribution in [3.05, 3.63) is 119 Å². The van der Waals surface area contributed by atoms with E-state index in [4.69, 9.17) is 14.6 Å². The van der Waals surface area contributed by atoms with Gasteiger partial charge in [0, 0.05) is 11.5 Å². The van der Waals surface area contributed by atoms with E-state index in [0.29, 0.717) is 19.0 Å². The Morgan fingerprint density at radius 3 is 2.03 bits per heavy atom. The molecule has 0 unspecified atom stereocenters. The largest absolute Gasteiger partial charge is 0.489 e. The van der Waals surface area contributed by atoms with Gasteiger partial charge in [0.25, 0.3) is 0 Å². The Balaban J connectivity index is 1.49. The van der Waals surface area contributed by atoms with E-state index in [1.54, 1.807) is 0 Å². The average molecular weight is 485 g/mol. The lowest BCUT2D eigenvalue weighted by atomic mass is 10.2. The van der Waals surface area contributed by atoms with Crippen molar-refractivity contribution < 1.29 is 9.47 Å². The molecule has 0 N–H and O–H groups in total. The molecule has 1 aromatic heterocycles. The number of halogens is 1. The first kappa shape index (κ1) is 20.3. The number of ether oxygens (including phenoxy) is 2. The predicted octanol–water partition coefficient (Wildman–Crippen LogP) is 6.95. The highest BCUT2D eigenvalue weighted by atomic mass is 79.9. The maximum absolute atomic E-state index is 6.27. The van der Waals surface area contributed by atoms with Gasteiger partial charge in [0.15, 0.2) is 0 Å². The molecule has 32 heavy (non-hydrogen) atoms. The van der Waals surface area contributed by atoms with Crippen molar-refractivity contribution >= 4 is 26.8 Å². The molecule has 5 rings (SSSR count). The zero-order valence-electron chi connectivity index (χ0n) is 17.3. The van der Waals surface area contributed by atoms with E-state index >= 15 is 0 Å². The van der Waals surface area contributed by atoms with Crippen LogP contribution in [0.1, 0.15) is 11.1 Å². The van der Waals surface area contributed by atoms with E-state index in [1.807, 2.05) is 83.5 Å². The standard InChI is InChI=1S/C27H21BrN2O2/c28-27-23-13-7-8-14-24(23)30(29-27)25-16-15-22(31-18-20-9-3-1-4-10-20)17-26(25)32-19-21-11-5-2-6-12-21/h1-17H,18-19H2. The molecule has 0 fully saturated rings. The second-order valence-corrected chi connectivity index (χ2v) is 8.15. The molecule has 0 aliphatic carbocycles. The zero-order chi connectivity index (χ0) is 21.8. The summed E-state index contributed by atoms with van der Waals surface area (Å²) in [7, 11) is 0. The minimum atomic E-state index is 0.455. The van der Waals surface area contributed by atoms with Gasteiger partial charge in [-0.2, -0.15) is 5.10 Å². The third-order valence-corrected chi connectivity index (χ3v) is 5.77. The fourth-order valence-electron chi connectivity index (χ4n) is 3.56. The van der Waals surface area contributed by atoms with Crippen LogP contribution in [0.25, 0.3) is 16.6 Å². The van der Waals surface area contributed by atoms with Crippen molar-refractivity contribution in [3.63, 3.8) is 0 Å². The quantitative estimate of drug-likeness (QED) is 0.250. The molecule has 1 heterocycles. The van der Waals surface area contributed by atoms with Gasteiger partial charge in [0.1, 0.15) is 35.0 Å². The van der Waals surface area contributed by atoms with Crippen LogP contribution in [-0.4, -0.2) is 9.78 Å². The Bertz CT molecular complexity index is 1330. The monoisotopic (exact) mass is 484 g/mol. The van der Waals surface area contributed by atoms with Crippen molar-refractivity contribution in [3.8, 4) is 17.2 Å². The van der Waals surface area contributed by atoms with Crippen LogP contribution in [-0.2, 0) is 13.2 Å². The number of hydrogen-bond acceptors (Lipinski definition) is 3. The number of hydrogen-bond donors (Lipinski definition) is 0. The maximum atomic E-state index is 6.27. The third kappa shape index (κ3) is 4.39. The fraction of sp³-hybridized carbons (Fsp3) is 0.0741. The molecular formula is C27H21BrN2O2. The molecular weight excluding hydrogens is 464 g/mol. The second-order valence-electron chi connectivity index (χ2n) is 7.40. The molecule has 0 atom stereocenters. The first-order valence-corrected chi connectivity index (χ1v) is 11.2. The van der Waals surface area contributed by atoms with Crippen LogP contribution in [0.5, 0.6) is 11.5 Å². The smallest absolute Gasteiger partial charge is 0.149 e. The Kier molecular flexibility index (Phi) is 5.90. The molecule has 5 heteroatoms. The van der Waals surface area contributed by atoms with Gasteiger partial charge < -0.3 is 9.47 Å². The summed E-state index contributed by atoms with van der Waals surface area (Å²) in [4.78, 5) is 0. The first-order valence-electron chi connectivity index (χ1n) is 10.4. The first-order chi connectivity index (χ1) is 15.8. The second kappa shape index (κ2) is 9.28. The molecule has 5 aromatic rings. The van der Waals surface area contributed by atoms with Crippen LogP contribution in [0.4, 0.5) is 0 Å². The lowest BCUT2D eigenvalue weighted by molar-refractivity contribution is 0.289. The van der Waals surface area contributed by atoms with Gasteiger partial charge in [-0.15, -0.1) is 0 Å². The number of para-hydroxylation sites is 1. The molecule has 4 aromatic carbocycles. The molecule has 0 saturated carbocycles. The Hall–Kier alpha value is -3.57. The van der Waals surface area contributed by atoms with Gasteiger partial charge in [-0.3, -0.25) is 0 Å². The normalized spacial score (nSPS) is 10.9. The number of nitrogens with zero attached hydrogens (tertiary/aromatic N) is 2. The molecule has 0 saturated heterocycles. The van der Waals surface area contributed by atoms with E-state index in [-0.39, 0.29) is 0 Å². The average Bonchev–Trinajstić information content (AvgIpc) is 3.19. The number of benzene rings is 4. The third-order valence-electron chi connectivity index (χ3n) is 5.19. The van der Waals surface area contributed by atoms with Gasteiger partial charge >= 0.3 is 0 Å². The summed E-state index contributed by atoms with van der Waals surface area (Å²) in [6.07, 6.45) is 0. The van der Waals surface area contributed by atoms with Gasteiger partial charge in [-0.25, -0.2) is 4.68 Å². The summed E-state index contributed by atoms with van der Waals surface area (Å²) in [6, 6.07) is 34.2. The minimum absolute atomic E-state index is 0.455. The summed E-state index contributed by atoms with van der Waals surface area (Å²) in [5.74, 6) is 1.45. The van der Waals surface area contributed by atoms with Crippen molar-refractivity contribution in [1.82, 2.24) is 9.78 Å². The van der Waals surface area contributed by atoms with Crippen LogP contribution in [0, 0.1) is 0 Å². The lowest BCUT2D eigenvalue weighted by Crippen LogP contribution is -2.04. The van der Waals surface area contributed by atoms with Crippen LogP contribution in [0.3, 0.4) is 0 Å². The Labute approximate surface area is 195 Å². The van der Waals surface area contributed by atoms with E-state index in [2.05, 4.69) is 40.2 Å². The highest BCUT2D eigenvalue weighted by molar-refractivity contribution is 9.10. The lowest BCUT2D eigenvalue weighted by Gasteiger charge is -2.15. The van der Waals surface area contributed by atoms with Crippen LogP contribution in [0.2, 0.25) is 0 Å². The topological polar surface area (TPSA) is 36.3 Å².